The molecule has 1 unspecified atom stereocenters. The number of aliphatic hydroxyl groups excluding tert-OH is 1. The van der Waals surface area contributed by atoms with Gasteiger partial charge in [-0.1, -0.05) is 13.8 Å². The smallest absolute Gasteiger partial charge is 0.240 e. The van der Waals surface area contributed by atoms with Crippen molar-refractivity contribution >= 4 is 10.0 Å². The lowest BCUT2D eigenvalue weighted by molar-refractivity contribution is 0.152. The van der Waals surface area contributed by atoms with Crippen molar-refractivity contribution in [2.45, 2.75) is 45.1 Å². The molecule has 0 saturated carbocycles. The highest BCUT2D eigenvalue weighted by Gasteiger charge is 2.17. The molecular formula is C15H25NO4S. The van der Waals surface area contributed by atoms with Gasteiger partial charge in [-0.05, 0) is 49.9 Å². The van der Waals surface area contributed by atoms with Gasteiger partial charge in [0.25, 0.3) is 0 Å². The van der Waals surface area contributed by atoms with Gasteiger partial charge < -0.3 is 9.84 Å². The number of benzene rings is 1. The Hall–Kier alpha value is -1.11. The Bertz CT molecular complexity index is 555. The minimum atomic E-state index is -3.61. The quantitative estimate of drug-likeness (QED) is 0.770. The third-order valence-corrected chi connectivity index (χ3v) is 4.43. The predicted octanol–water partition coefficient (Wildman–Crippen LogP) is 2.08. The Morgan fingerprint density at radius 2 is 2.00 bits per heavy atom. The summed E-state index contributed by atoms with van der Waals surface area (Å²) >= 11 is 0. The van der Waals surface area contributed by atoms with E-state index in [1.807, 2.05) is 20.8 Å². The summed E-state index contributed by atoms with van der Waals surface area (Å²) in [5.41, 5.74) is 0.766. The molecule has 5 nitrogen and oxygen atoms in total. The fraction of sp³-hybridized carbons (Fsp3) is 0.600. The number of ether oxygens (including phenoxy) is 1. The van der Waals surface area contributed by atoms with Crippen molar-refractivity contribution in [3.8, 4) is 5.75 Å². The van der Waals surface area contributed by atoms with Crippen LogP contribution in [0.2, 0.25) is 0 Å². The van der Waals surface area contributed by atoms with Gasteiger partial charge in [0.2, 0.25) is 10.0 Å². The summed E-state index contributed by atoms with van der Waals surface area (Å²) in [7, 11) is -3.61. The van der Waals surface area contributed by atoms with Crippen LogP contribution in [0.15, 0.2) is 23.1 Å². The van der Waals surface area contributed by atoms with Gasteiger partial charge >= 0.3 is 0 Å². The molecule has 1 rings (SSSR count). The van der Waals surface area contributed by atoms with E-state index < -0.39 is 16.1 Å². The van der Waals surface area contributed by atoms with Crippen LogP contribution >= 0.6 is 0 Å². The zero-order valence-corrected chi connectivity index (χ0v) is 13.9. The summed E-state index contributed by atoms with van der Waals surface area (Å²) < 4.78 is 32.2. The van der Waals surface area contributed by atoms with Gasteiger partial charge in [0.1, 0.15) is 5.75 Å². The van der Waals surface area contributed by atoms with Crippen molar-refractivity contribution in [1.82, 2.24) is 4.72 Å². The van der Waals surface area contributed by atoms with Gasteiger partial charge in [-0.3, -0.25) is 0 Å². The maximum atomic E-state index is 12.2. The molecule has 0 aliphatic rings. The predicted molar refractivity (Wildman–Crippen MR) is 83.0 cm³/mol. The molecule has 0 aromatic heterocycles. The van der Waals surface area contributed by atoms with E-state index in [9.17, 15) is 13.5 Å². The fourth-order valence-corrected chi connectivity index (χ4v) is 3.18. The summed E-state index contributed by atoms with van der Waals surface area (Å²) in [5, 5.41) is 9.75. The summed E-state index contributed by atoms with van der Waals surface area (Å²) in [6.07, 6.45) is -0.117. The lowest BCUT2D eigenvalue weighted by Crippen LogP contribution is -2.32. The van der Waals surface area contributed by atoms with Crippen molar-refractivity contribution in [3.63, 3.8) is 0 Å². The molecule has 0 aliphatic heterocycles. The molecular weight excluding hydrogens is 290 g/mol. The lowest BCUT2D eigenvalue weighted by Gasteiger charge is -2.15. The first-order chi connectivity index (χ1) is 9.76. The van der Waals surface area contributed by atoms with Gasteiger partial charge in [0.15, 0.2) is 0 Å². The van der Waals surface area contributed by atoms with Crippen LogP contribution in [-0.2, 0) is 10.0 Å². The topological polar surface area (TPSA) is 75.6 Å². The van der Waals surface area contributed by atoms with Gasteiger partial charge in [0.05, 0.1) is 17.6 Å². The fourth-order valence-electron chi connectivity index (χ4n) is 2.02. The lowest BCUT2D eigenvalue weighted by atomic mass is 10.1. The van der Waals surface area contributed by atoms with E-state index in [2.05, 4.69) is 4.72 Å². The van der Waals surface area contributed by atoms with Gasteiger partial charge in [-0.15, -0.1) is 0 Å². The SMILES string of the molecule is CCOc1ccc(S(=O)(=O)NCC(O)CC(C)C)cc1C. The summed E-state index contributed by atoms with van der Waals surface area (Å²) in [4.78, 5) is 0.181. The molecule has 0 heterocycles. The van der Waals surface area contributed by atoms with Crippen LogP contribution in [0.4, 0.5) is 0 Å². The molecule has 21 heavy (non-hydrogen) atoms. The van der Waals surface area contributed by atoms with Gasteiger partial charge in [0, 0.05) is 6.54 Å². The number of aryl methyl sites for hydroxylation is 1. The van der Waals surface area contributed by atoms with Crippen molar-refractivity contribution in [3.05, 3.63) is 23.8 Å². The second kappa shape index (κ2) is 7.77. The van der Waals surface area contributed by atoms with Crippen molar-refractivity contribution < 1.29 is 18.3 Å². The highest BCUT2D eigenvalue weighted by Crippen LogP contribution is 2.21. The van der Waals surface area contributed by atoms with Crippen LogP contribution < -0.4 is 9.46 Å². The van der Waals surface area contributed by atoms with E-state index in [0.29, 0.717) is 24.7 Å². The van der Waals surface area contributed by atoms with E-state index in [1.165, 1.54) is 6.07 Å². The standard InChI is InChI=1S/C15H25NO4S/c1-5-20-15-7-6-14(9-12(15)4)21(18,19)16-10-13(17)8-11(2)3/h6-7,9,11,13,16-17H,5,8,10H2,1-4H3. The van der Waals surface area contributed by atoms with Crippen LogP contribution in [0, 0.1) is 12.8 Å². The molecule has 0 bridgehead atoms. The molecule has 0 radical (unpaired) electrons. The minimum absolute atomic E-state index is 0.0206. The number of hydrogen-bond acceptors (Lipinski definition) is 4. The minimum Gasteiger partial charge on any atom is -0.494 e. The van der Waals surface area contributed by atoms with E-state index in [0.717, 1.165) is 5.56 Å². The number of aliphatic hydroxyl groups is 1. The third kappa shape index (κ3) is 5.65. The van der Waals surface area contributed by atoms with E-state index in [-0.39, 0.29) is 11.4 Å². The second-order valence-electron chi connectivity index (χ2n) is 5.50. The van der Waals surface area contributed by atoms with Crippen LogP contribution in [0.3, 0.4) is 0 Å². The molecule has 6 heteroatoms. The van der Waals surface area contributed by atoms with E-state index >= 15 is 0 Å². The monoisotopic (exact) mass is 315 g/mol. The highest BCUT2D eigenvalue weighted by molar-refractivity contribution is 7.89. The molecule has 0 spiro atoms. The Balaban J connectivity index is 2.76. The number of rotatable bonds is 8. The van der Waals surface area contributed by atoms with Gasteiger partial charge in [-0.2, -0.15) is 0 Å². The van der Waals surface area contributed by atoms with E-state index in [4.69, 9.17) is 4.74 Å². The van der Waals surface area contributed by atoms with Crippen LogP contribution in [0.25, 0.3) is 0 Å². The Morgan fingerprint density at radius 1 is 1.33 bits per heavy atom. The molecule has 1 atom stereocenters. The zero-order chi connectivity index (χ0) is 16.0. The number of sulfonamides is 1. The first kappa shape index (κ1) is 17.9. The average molecular weight is 315 g/mol. The first-order valence-electron chi connectivity index (χ1n) is 7.17. The normalized spacial score (nSPS) is 13.4. The summed E-state index contributed by atoms with van der Waals surface area (Å²) in [5.74, 6) is 0.994. The average Bonchev–Trinajstić information content (AvgIpc) is 2.38. The van der Waals surface area contributed by atoms with Crippen molar-refractivity contribution in [2.75, 3.05) is 13.2 Å². The van der Waals surface area contributed by atoms with Crippen LogP contribution in [-0.4, -0.2) is 32.8 Å². The molecule has 1 aromatic rings. The number of nitrogens with one attached hydrogen (secondary N) is 1. The molecule has 0 aliphatic carbocycles. The maximum absolute atomic E-state index is 12.2. The van der Waals surface area contributed by atoms with Crippen molar-refractivity contribution in [2.24, 2.45) is 5.92 Å². The maximum Gasteiger partial charge on any atom is 0.240 e. The first-order valence-corrected chi connectivity index (χ1v) is 8.65. The van der Waals surface area contributed by atoms with Crippen molar-refractivity contribution in [1.29, 1.82) is 0 Å². The molecule has 2 N–H and O–H groups in total. The van der Waals surface area contributed by atoms with E-state index in [1.54, 1.807) is 19.1 Å². The zero-order valence-electron chi connectivity index (χ0n) is 13.1. The number of hydrogen-bond donors (Lipinski definition) is 2. The molecule has 120 valence electrons. The Kier molecular flexibility index (Phi) is 6.64. The summed E-state index contributed by atoms with van der Waals surface area (Å²) in [6, 6.07) is 4.73. The van der Waals surface area contributed by atoms with Crippen LogP contribution in [0.5, 0.6) is 5.75 Å². The Labute approximate surface area is 127 Å². The largest absolute Gasteiger partial charge is 0.494 e. The molecule has 0 amide bonds. The molecule has 0 saturated heterocycles. The molecule has 0 fully saturated rings. The third-order valence-electron chi connectivity index (χ3n) is 3.01. The Morgan fingerprint density at radius 3 is 2.52 bits per heavy atom. The summed E-state index contributed by atoms with van der Waals surface area (Å²) in [6.45, 7) is 8.19. The van der Waals surface area contributed by atoms with Crippen LogP contribution in [0.1, 0.15) is 32.8 Å². The highest BCUT2D eigenvalue weighted by atomic mass is 32.2. The van der Waals surface area contributed by atoms with Gasteiger partial charge in [-0.25, -0.2) is 13.1 Å². The second-order valence-corrected chi connectivity index (χ2v) is 7.26. The molecule has 1 aromatic carbocycles.